The Labute approximate surface area is 76.0 Å². The Morgan fingerprint density at radius 2 is 2.31 bits per heavy atom. The van der Waals surface area contributed by atoms with Crippen molar-refractivity contribution in [1.29, 1.82) is 0 Å². The minimum Gasteiger partial charge on any atom is -0.383 e. The van der Waals surface area contributed by atoms with Gasteiger partial charge in [0, 0.05) is 0 Å². The molecule has 13 heavy (non-hydrogen) atoms. The molecule has 1 atom stereocenters. The smallest absolute Gasteiger partial charge is 0.123 e. The monoisotopic (exact) mass is 182 g/mol. The first-order chi connectivity index (χ1) is 6.09. The molecule has 0 aromatic heterocycles. The normalized spacial score (nSPS) is 27.0. The van der Waals surface area contributed by atoms with Gasteiger partial charge in [-0.05, 0) is 30.2 Å². The number of aliphatic hydroxyl groups is 1. The minimum atomic E-state index is -1.06. The summed E-state index contributed by atoms with van der Waals surface area (Å²) in [6.07, 6.45) is 0. The van der Waals surface area contributed by atoms with Gasteiger partial charge >= 0.3 is 0 Å². The van der Waals surface area contributed by atoms with Gasteiger partial charge in [0.05, 0.1) is 13.2 Å². The van der Waals surface area contributed by atoms with Crippen LogP contribution in [-0.4, -0.2) is 11.7 Å². The van der Waals surface area contributed by atoms with Crippen LogP contribution in [0.4, 0.5) is 4.39 Å². The molecular formula is C10H11FO2. The van der Waals surface area contributed by atoms with E-state index in [1.54, 1.807) is 13.0 Å². The predicted molar refractivity (Wildman–Crippen MR) is 45.6 cm³/mol. The predicted octanol–water partition coefficient (Wildman–Crippen LogP) is 1.56. The van der Waals surface area contributed by atoms with Gasteiger partial charge < -0.3 is 9.84 Å². The Morgan fingerprint density at radius 3 is 3.08 bits per heavy atom. The molecule has 1 unspecified atom stereocenters. The molecule has 1 N–H and O–H groups in total. The Morgan fingerprint density at radius 1 is 1.54 bits per heavy atom. The second-order valence-corrected chi connectivity index (χ2v) is 3.57. The zero-order valence-electron chi connectivity index (χ0n) is 7.38. The van der Waals surface area contributed by atoms with Crippen molar-refractivity contribution in [3.05, 3.63) is 35.1 Å². The van der Waals surface area contributed by atoms with Gasteiger partial charge in [-0.15, -0.1) is 0 Å². The number of fused-ring (bicyclic) bond motifs is 1. The van der Waals surface area contributed by atoms with Gasteiger partial charge in [-0.1, -0.05) is 6.07 Å². The van der Waals surface area contributed by atoms with E-state index in [0.29, 0.717) is 12.2 Å². The molecule has 0 spiro atoms. The van der Waals surface area contributed by atoms with Crippen LogP contribution in [-0.2, 0) is 16.9 Å². The molecule has 1 heterocycles. The van der Waals surface area contributed by atoms with Gasteiger partial charge in [-0.2, -0.15) is 0 Å². The van der Waals surface area contributed by atoms with Crippen LogP contribution in [0.3, 0.4) is 0 Å². The highest BCUT2D eigenvalue weighted by molar-refractivity contribution is 5.33. The lowest BCUT2D eigenvalue weighted by atomic mass is 9.90. The number of halogens is 1. The molecule has 0 aliphatic carbocycles. The van der Waals surface area contributed by atoms with Crippen LogP contribution in [0, 0.1) is 5.82 Å². The second-order valence-electron chi connectivity index (χ2n) is 3.57. The maximum Gasteiger partial charge on any atom is 0.123 e. The lowest BCUT2D eigenvalue weighted by Crippen LogP contribution is -2.33. The highest BCUT2D eigenvalue weighted by Gasteiger charge is 2.30. The molecule has 3 heteroatoms. The molecule has 0 fully saturated rings. The fraction of sp³-hybridized carbons (Fsp3) is 0.400. The lowest BCUT2D eigenvalue weighted by Gasteiger charge is -2.30. The van der Waals surface area contributed by atoms with Gasteiger partial charge in [0.1, 0.15) is 11.4 Å². The Balaban J connectivity index is 2.55. The van der Waals surface area contributed by atoms with Gasteiger partial charge in [-0.25, -0.2) is 4.39 Å². The highest BCUT2D eigenvalue weighted by atomic mass is 19.1. The minimum absolute atomic E-state index is 0.226. The summed E-state index contributed by atoms with van der Waals surface area (Å²) in [5.74, 6) is -0.319. The summed E-state index contributed by atoms with van der Waals surface area (Å²) >= 11 is 0. The largest absolute Gasteiger partial charge is 0.383 e. The van der Waals surface area contributed by atoms with Gasteiger partial charge in [0.2, 0.25) is 0 Å². The number of hydrogen-bond donors (Lipinski definition) is 1. The molecule has 1 aliphatic rings. The fourth-order valence-corrected chi connectivity index (χ4v) is 1.61. The quantitative estimate of drug-likeness (QED) is 0.659. The van der Waals surface area contributed by atoms with Crippen molar-refractivity contribution in [2.75, 3.05) is 6.61 Å². The maximum absolute atomic E-state index is 12.9. The van der Waals surface area contributed by atoms with Crippen molar-refractivity contribution in [1.82, 2.24) is 0 Å². The Bertz CT molecular complexity index is 334. The molecule has 0 saturated heterocycles. The summed E-state index contributed by atoms with van der Waals surface area (Å²) in [5.41, 5.74) is 0.437. The van der Waals surface area contributed by atoms with E-state index < -0.39 is 5.60 Å². The van der Waals surface area contributed by atoms with E-state index in [4.69, 9.17) is 4.74 Å². The van der Waals surface area contributed by atoms with Gasteiger partial charge in [0.15, 0.2) is 0 Å². The molecule has 0 radical (unpaired) electrons. The van der Waals surface area contributed by atoms with Crippen LogP contribution >= 0.6 is 0 Å². The summed E-state index contributed by atoms with van der Waals surface area (Å²) in [6, 6.07) is 4.40. The molecule has 2 nitrogen and oxygen atoms in total. The average Bonchev–Trinajstić information content (AvgIpc) is 2.06. The van der Waals surface area contributed by atoms with Crippen molar-refractivity contribution in [2.24, 2.45) is 0 Å². The van der Waals surface area contributed by atoms with E-state index in [0.717, 1.165) is 5.56 Å². The Kier molecular flexibility index (Phi) is 1.86. The lowest BCUT2D eigenvalue weighted by molar-refractivity contribution is -0.0605. The second kappa shape index (κ2) is 2.79. The van der Waals surface area contributed by atoms with Crippen molar-refractivity contribution in [3.8, 4) is 0 Å². The zero-order chi connectivity index (χ0) is 9.47. The van der Waals surface area contributed by atoms with E-state index in [1.807, 2.05) is 0 Å². The number of benzene rings is 1. The van der Waals surface area contributed by atoms with Gasteiger partial charge in [0.25, 0.3) is 0 Å². The zero-order valence-corrected chi connectivity index (χ0v) is 7.38. The molecule has 1 aromatic carbocycles. The van der Waals surface area contributed by atoms with Crippen molar-refractivity contribution in [3.63, 3.8) is 0 Å². The van der Waals surface area contributed by atoms with Crippen LogP contribution in [0.5, 0.6) is 0 Å². The molecule has 70 valence electrons. The molecule has 1 aromatic rings. The number of hydrogen-bond acceptors (Lipinski definition) is 2. The fourth-order valence-electron chi connectivity index (χ4n) is 1.61. The molecule has 0 amide bonds. The SMILES string of the molecule is CC1(O)COCc2ccc(F)cc21. The standard InChI is InChI=1S/C10H11FO2/c1-10(12)6-13-5-7-2-3-8(11)4-9(7)10/h2-4,12H,5-6H2,1H3. The summed E-state index contributed by atoms with van der Waals surface area (Å²) in [7, 11) is 0. The van der Waals surface area contributed by atoms with Crippen molar-refractivity contribution < 1.29 is 14.2 Å². The van der Waals surface area contributed by atoms with Crippen LogP contribution in [0.25, 0.3) is 0 Å². The summed E-state index contributed by atoms with van der Waals surface area (Å²) in [5, 5.41) is 9.86. The van der Waals surface area contributed by atoms with Crippen LogP contribution in [0.15, 0.2) is 18.2 Å². The molecular weight excluding hydrogens is 171 g/mol. The molecule has 2 rings (SSSR count). The number of rotatable bonds is 0. The van der Waals surface area contributed by atoms with Crippen molar-refractivity contribution in [2.45, 2.75) is 19.1 Å². The summed E-state index contributed by atoms with van der Waals surface area (Å²) in [6.45, 7) is 2.31. The third kappa shape index (κ3) is 1.45. The average molecular weight is 182 g/mol. The summed E-state index contributed by atoms with van der Waals surface area (Å²) < 4.78 is 18.1. The first-order valence-corrected chi connectivity index (χ1v) is 4.19. The molecule has 0 bridgehead atoms. The maximum atomic E-state index is 12.9. The van der Waals surface area contributed by atoms with E-state index in [-0.39, 0.29) is 12.4 Å². The van der Waals surface area contributed by atoms with E-state index >= 15 is 0 Å². The van der Waals surface area contributed by atoms with Crippen LogP contribution < -0.4 is 0 Å². The molecule has 1 aliphatic heterocycles. The third-order valence-corrected chi connectivity index (χ3v) is 2.29. The topological polar surface area (TPSA) is 29.5 Å². The number of ether oxygens (including phenoxy) is 1. The first-order valence-electron chi connectivity index (χ1n) is 4.19. The summed E-state index contributed by atoms with van der Waals surface area (Å²) in [4.78, 5) is 0. The van der Waals surface area contributed by atoms with E-state index in [2.05, 4.69) is 0 Å². The highest BCUT2D eigenvalue weighted by Crippen LogP contribution is 2.30. The van der Waals surface area contributed by atoms with Crippen LogP contribution in [0.2, 0.25) is 0 Å². The Hall–Kier alpha value is -0.930. The van der Waals surface area contributed by atoms with Crippen LogP contribution in [0.1, 0.15) is 18.1 Å². The molecule has 0 saturated carbocycles. The third-order valence-electron chi connectivity index (χ3n) is 2.29. The van der Waals surface area contributed by atoms with Gasteiger partial charge in [-0.3, -0.25) is 0 Å². The first kappa shape index (κ1) is 8.66. The van der Waals surface area contributed by atoms with E-state index in [9.17, 15) is 9.50 Å². The van der Waals surface area contributed by atoms with Crippen molar-refractivity contribution >= 4 is 0 Å². The van der Waals surface area contributed by atoms with E-state index in [1.165, 1.54) is 12.1 Å².